The van der Waals surface area contributed by atoms with Crippen molar-refractivity contribution in [1.29, 1.82) is 0 Å². The average Bonchev–Trinajstić information content (AvgIpc) is 4.17. The van der Waals surface area contributed by atoms with Crippen LogP contribution in [-0.4, -0.2) is 28.7 Å². The molecular formula is C69H44N6. The van der Waals surface area contributed by atoms with Gasteiger partial charge in [-0.3, -0.25) is 0 Å². The topological polar surface area (TPSA) is 53.5 Å². The fourth-order valence-corrected chi connectivity index (χ4v) is 12.3. The summed E-state index contributed by atoms with van der Waals surface area (Å²) in [6.07, 6.45) is 1.70. The van der Waals surface area contributed by atoms with Crippen molar-refractivity contribution in [1.82, 2.24) is 28.7 Å². The van der Waals surface area contributed by atoms with Gasteiger partial charge in [0.15, 0.2) is 17.5 Å². The Bertz CT molecular complexity index is 4490. The Kier molecular flexibility index (Phi) is 9.06. The molecule has 0 amide bonds. The van der Waals surface area contributed by atoms with E-state index in [1.165, 1.54) is 98.4 Å². The van der Waals surface area contributed by atoms with Crippen molar-refractivity contribution in [2.45, 2.75) is 12.8 Å². The summed E-state index contributed by atoms with van der Waals surface area (Å²) in [6, 6.07) is 88.2. The second kappa shape index (κ2) is 16.3. The maximum Gasteiger partial charge on any atom is 0.164 e. The molecule has 75 heavy (non-hydrogen) atoms. The first-order valence-corrected chi connectivity index (χ1v) is 25.8. The van der Waals surface area contributed by atoms with E-state index in [2.05, 4.69) is 220 Å². The van der Waals surface area contributed by atoms with Gasteiger partial charge in [-0.05, 0) is 125 Å². The number of para-hydroxylation sites is 4. The lowest BCUT2D eigenvalue weighted by Gasteiger charge is -2.22. The third-order valence-electron chi connectivity index (χ3n) is 15.7. The smallest absolute Gasteiger partial charge is 0.164 e. The van der Waals surface area contributed by atoms with Crippen LogP contribution in [0.2, 0.25) is 0 Å². The van der Waals surface area contributed by atoms with E-state index < -0.39 is 0 Å². The van der Waals surface area contributed by atoms with E-state index in [4.69, 9.17) is 15.0 Å². The number of aromatic nitrogens is 6. The summed E-state index contributed by atoms with van der Waals surface area (Å²) in [6.45, 7) is 0. The van der Waals surface area contributed by atoms with Crippen molar-refractivity contribution in [2.24, 2.45) is 0 Å². The molecule has 0 atom stereocenters. The highest BCUT2D eigenvalue weighted by atomic mass is 15.0. The van der Waals surface area contributed by atoms with E-state index in [9.17, 15) is 0 Å². The molecule has 11 aromatic carbocycles. The van der Waals surface area contributed by atoms with Gasteiger partial charge >= 0.3 is 0 Å². The standard InChI is InChI=1S/C69H44N6/c1-3-15-43(16-4-1)67-70-68(44-17-5-2-6-18-44)72-69(71-67)47-28-27-45-35-50-39-51-40-52(30-29-46(51)36-49(50)38-48(45)37-47)73-65-33-31-53(74-61-23-11-7-19-55(61)56-20-8-12-24-62(56)74)41-59(65)60-42-54(32-34-66(60)73)75-63-25-13-9-21-57(63)58-22-10-14-26-64(58)75/h1-34,36-37,39-42H,35,38H2. The lowest BCUT2D eigenvalue weighted by Crippen LogP contribution is -2.08. The molecule has 0 bridgehead atoms. The maximum atomic E-state index is 5.05. The van der Waals surface area contributed by atoms with Gasteiger partial charge in [0, 0.05) is 66.1 Å². The van der Waals surface area contributed by atoms with E-state index in [1.807, 2.05) is 36.4 Å². The quantitative estimate of drug-likeness (QED) is 0.167. The minimum Gasteiger partial charge on any atom is -0.309 e. The molecule has 16 rings (SSSR count). The summed E-state index contributed by atoms with van der Waals surface area (Å²) in [5, 5.41) is 9.90. The Morgan fingerprint density at radius 3 is 1.11 bits per heavy atom. The van der Waals surface area contributed by atoms with E-state index in [0.29, 0.717) is 17.5 Å². The van der Waals surface area contributed by atoms with Crippen LogP contribution in [0.4, 0.5) is 0 Å². The molecule has 0 spiro atoms. The Morgan fingerprint density at radius 2 is 0.613 bits per heavy atom. The first-order valence-electron chi connectivity index (χ1n) is 25.8. The van der Waals surface area contributed by atoms with Gasteiger partial charge in [0.05, 0.1) is 33.1 Å². The molecule has 350 valence electrons. The molecule has 1 aliphatic rings. The molecule has 0 aliphatic heterocycles. The molecule has 15 aromatic rings. The van der Waals surface area contributed by atoms with Crippen molar-refractivity contribution < 1.29 is 0 Å². The summed E-state index contributed by atoms with van der Waals surface area (Å²) in [5.74, 6) is 2.02. The van der Waals surface area contributed by atoms with Crippen molar-refractivity contribution in [3.63, 3.8) is 0 Å². The molecule has 0 radical (unpaired) electrons. The van der Waals surface area contributed by atoms with Crippen molar-refractivity contribution in [3.8, 4) is 51.2 Å². The summed E-state index contributed by atoms with van der Waals surface area (Å²) in [4.78, 5) is 15.0. The van der Waals surface area contributed by atoms with Gasteiger partial charge in [0.25, 0.3) is 0 Å². The highest BCUT2D eigenvalue weighted by Crippen LogP contribution is 2.41. The second-order valence-electron chi connectivity index (χ2n) is 20.0. The fraction of sp³-hybridized carbons (Fsp3) is 0.0290. The molecule has 4 heterocycles. The van der Waals surface area contributed by atoms with E-state index in [0.717, 1.165) is 46.6 Å². The Labute approximate surface area is 431 Å². The van der Waals surface area contributed by atoms with Crippen molar-refractivity contribution in [3.05, 3.63) is 265 Å². The Morgan fingerprint density at radius 1 is 0.240 bits per heavy atom. The van der Waals surface area contributed by atoms with Crippen LogP contribution in [0.3, 0.4) is 0 Å². The zero-order valence-electron chi connectivity index (χ0n) is 40.7. The summed E-state index contributed by atoms with van der Waals surface area (Å²) >= 11 is 0. The minimum absolute atomic E-state index is 0.669. The van der Waals surface area contributed by atoms with E-state index in [1.54, 1.807) is 0 Å². The third-order valence-corrected chi connectivity index (χ3v) is 15.7. The van der Waals surface area contributed by atoms with Crippen LogP contribution in [-0.2, 0) is 12.8 Å². The minimum atomic E-state index is 0.669. The van der Waals surface area contributed by atoms with Gasteiger partial charge in [-0.15, -0.1) is 0 Å². The lowest BCUT2D eigenvalue weighted by atomic mass is 9.84. The lowest BCUT2D eigenvalue weighted by molar-refractivity contribution is 1.00. The van der Waals surface area contributed by atoms with Gasteiger partial charge in [-0.1, -0.05) is 164 Å². The molecule has 6 heteroatoms. The van der Waals surface area contributed by atoms with E-state index in [-0.39, 0.29) is 0 Å². The molecule has 0 saturated carbocycles. The third kappa shape index (κ3) is 6.56. The second-order valence-corrected chi connectivity index (χ2v) is 20.0. The van der Waals surface area contributed by atoms with Gasteiger partial charge in [0.2, 0.25) is 0 Å². The zero-order chi connectivity index (χ0) is 49.1. The van der Waals surface area contributed by atoms with Crippen molar-refractivity contribution in [2.75, 3.05) is 0 Å². The van der Waals surface area contributed by atoms with Crippen LogP contribution >= 0.6 is 0 Å². The largest absolute Gasteiger partial charge is 0.309 e. The first-order chi connectivity index (χ1) is 37.1. The predicted octanol–water partition coefficient (Wildman–Crippen LogP) is 16.8. The number of hydrogen-bond acceptors (Lipinski definition) is 3. The number of nitrogens with zero attached hydrogens (tertiary/aromatic N) is 6. The SMILES string of the molecule is c1ccc(-c2nc(-c3ccccc3)nc(-c3ccc4c(c3)Cc3cc5ccc(-n6c7ccc(-n8c9ccccc9c9ccccc98)cc7c7cc(-n8c9ccccc9c9ccccc98)ccc76)cc5cc3C4)n2)cc1. The number of rotatable bonds is 6. The summed E-state index contributed by atoms with van der Waals surface area (Å²) in [5.41, 5.74) is 18.9. The van der Waals surface area contributed by atoms with Gasteiger partial charge in [0.1, 0.15) is 0 Å². The monoisotopic (exact) mass is 956 g/mol. The zero-order valence-corrected chi connectivity index (χ0v) is 40.7. The molecule has 0 N–H and O–H groups in total. The normalized spacial score (nSPS) is 12.4. The highest BCUT2D eigenvalue weighted by molar-refractivity contribution is 6.14. The van der Waals surface area contributed by atoms with Crippen LogP contribution in [0.5, 0.6) is 0 Å². The molecule has 6 nitrogen and oxygen atoms in total. The molecule has 0 unspecified atom stereocenters. The molecule has 0 fully saturated rings. The van der Waals surface area contributed by atoms with Crippen LogP contribution < -0.4 is 0 Å². The van der Waals surface area contributed by atoms with Crippen LogP contribution in [0.1, 0.15) is 22.3 Å². The van der Waals surface area contributed by atoms with Crippen LogP contribution in [0.25, 0.3) is 127 Å². The maximum absolute atomic E-state index is 5.05. The Balaban J connectivity index is 0.821. The first kappa shape index (κ1) is 41.7. The predicted molar refractivity (Wildman–Crippen MR) is 309 cm³/mol. The van der Waals surface area contributed by atoms with E-state index >= 15 is 0 Å². The number of hydrogen-bond donors (Lipinski definition) is 0. The number of fused-ring (bicyclic) bond motifs is 12. The molecule has 4 aromatic heterocycles. The van der Waals surface area contributed by atoms with Crippen LogP contribution in [0, 0.1) is 0 Å². The number of benzene rings is 11. The molecule has 0 saturated heterocycles. The fourth-order valence-electron chi connectivity index (χ4n) is 12.3. The van der Waals surface area contributed by atoms with Crippen molar-refractivity contribution >= 4 is 76.2 Å². The van der Waals surface area contributed by atoms with Crippen LogP contribution in [0.15, 0.2) is 243 Å². The molecule has 1 aliphatic carbocycles. The average molecular weight is 957 g/mol. The Hall–Kier alpha value is -9.91. The van der Waals surface area contributed by atoms with Gasteiger partial charge in [-0.2, -0.15) is 0 Å². The van der Waals surface area contributed by atoms with Gasteiger partial charge in [-0.25, -0.2) is 15.0 Å². The summed E-state index contributed by atoms with van der Waals surface area (Å²) < 4.78 is 7.33. The van der Waals surface area contributed by atoms with Gasteiger partial charge < -0.3 is 13.7 Å². The molecular weight excluding hydrogens is 913 g/mol. The highest BCUT2D eigenvalue weighted by Gasteiger charge is 2.22. The summed E-state index contributed by atoms with van der Waals surface area (Å²) in [7, 11) is 0.